The summed E-state index contributed by atoms with van der Waals surface area (Å²) in [5, 5.41) is 14.9. The van der Waals surface area contributed by atoms with E-state index in [0.717, 1.165) is 39.8 Å². The molecule has 0 bridgehead atoms. The molecule has 1 aromatic carbocycles. The second kappa shape index (κ2) is 8.00. The third-order valence-corrected chi connectivity index (χ3v) is 6.96. The van der Waals surface area contributed by atoms with Gasteiger partial charge < -0.3 is 16.0 Å². The van der Waals surface area contributed by atoms with Gasteiger partial charge in [0.25, 0.3) is 0 Å². The largest absolute Gasteiger partial charge is 0.368 e. The number of hydrogen-bond donors (Lipinski definition) is 2. The summed E-state index contributed by atoms with van der Waals surface area (Å²) in [6.07, 6.45) is 3.72. The molecule has 0 saturated carbocycles. The number of halogens is 1. The van der Waals surface area contributed by atoms with Crippen LogP contribution >= 0.6 is 22.9 Å². The number of nitrogens with two attached hydrogens (primary N) is 1. The van der Waals surface area contributed by atoms with Gasteiger partial charge in [-0.15, -0.1) is 10.2 Å². The number of nitrogens with zero attached hydrogens (tertiary/aromatic N) is 5. The lowest BCUT2D eigenvalue weighted by Crippen LogP contribution is -2.61. The van der Waals surface area contributed by atoms with E-state index < -0.39 is 0 Å². The second-order valence-electron chi connectivity index (χ2n) is 9.45. The molecule has 0 unspecified atom stereocenters. The molecule has 0 atom stereocenters. The van der Waals surface area contributed by atoms with Crippen LogP contribution in [-0.4, -0.2) is 44.3 Å². The van der Waals surface area contributed by atoms with Gasteiger partial charge in [0.1, 0.15) is 0 Å². The van der Waals surface area contributed by atoms with E-state index >= 15 is 0 Å². The number of anilines is 2. The Morgan fingerprint density at radius 3 is 2.48 bits per heavy atom. The van der Waals surface area contributed by atoms with Gasteiger partial charge in [0.15, 0.2) is 5.01 Å². The van der Waals surface area contributed by atoms with Gasteiger partial charge in [-0.25, -0.2) is 9.97 Å². The van der Waals surface area contributed by atoms with Crippen molar-refractivity contribution >= 4 is 34.0 Å². The number of rotatable bonds is 4. The summed E-state index contributed by atoms with van der Waals surface area (Å²) in [5.41, 5.74) is 8.30. The van der Waals surface area contributed by atoms with Crippen LogP contribution in [0.2, 0.25) is 5.02 Å². The van der Waals surface area contributed by atoms with Gasteiger partial charge in [-0.05, 0) is 58.7 Å². The minimum atomic E-state index is 0.0672. The van der Waals surface area contributed by atoms with Crippen LogP contribution in [0.25, 0.3) is 21.8 Å². The lowest BCUT2D eigenvalue weighted by atomic mass is 9.79. The van der Waals surface area contributed by atoms with Crippen LogP contribution in [0.4, 0.5) is 11.1 Å². The van der Waals surface area contributed by atoms with E-state index in [2.05, 4.69) is 65.1 Å². The minimum Gasteiger partial charge on any atom is -0.368 e. The highest BCUT2D eigenvalue weighted by Crippen LogP contribution is 2.38. The molecule has 3 aromatic rings. The molecule has 1 saturated heterocycles. The molecule has 3 heterocycles. The van der Waals surface area contributed by atoms with Crippen LogP contribution in [0.1, 0.15) is 40.5 Å². The summed E-state index contributed by atoms with van der Waals surface area (Å²) < 4.78 is 0. The molecule has 4 rings (SSSR count). The number of nitrogen functional groups attached to an aromatic ring is 1. The number of piperidine rings is 1. The third-order valence-electron chi connectivity index (χ3n) is 5.60. The van der Waals surface area contributed by atoms with Crippen molar-refractivity contribution in [2.75, 3.05) is 17.7 Å². The molecule has 1 fully saturated rings. The third kappa shape index (κ3) is 4.81. The Balaban J connectivity index is 1.57. The Labute approximate surface area is 192 Å². The Bertz CT molecular complexity index is 1080. The Hall–Kier alpha value is -2.29. The van der Waals surface area contributed by atoms with Crippen LogP contribution < -0.4 is 16.0 Å². The Morgan fingerprint density at radius 2 is 1.84 bits per heavy atom. The molecule has 164 valence electrons. The zero-order chi connectivity index (χ0) is 22.4. The first kappa shape index (κ1) is 21.9. The smallest absolute Gasteiger partial charge is 0.220 e. The molecule has 9 heteroatoms. The zero-order valence-corrected chi connectivity index (χ0v) is 20.1. The maximum Gasteiger partial charge on any atom is 0.220 e. The van der Waals surface area contributed by atoms with E-state index in [-0.39, 0.29) is 17.0 Å². The Kier molecular flexibility index (Phi) is 5.66. The zero-order valence-electron chi connectivity index (χ0n) is 18.5. The van der Waals surface area contributed by atoms with Gasteiger partial charge in [0, 0.05) is 41.5 Å². The fraction of sp³-hybridized carbons (Fsp3) is 0.455. The fourth-order valence-corrected chi connectivity index (χ4v) is 5.79. The number of nitrogens with one attached hydrogen (secondary N) is 1. The van der Waals surface area contributed by atoms with Crippen LogP contribution in [0.15, 0.2) is 30.5 Å². The average molecular weight is 458 g/mol. The van der Waals surface area contributed by atoms with Crippen LogP contribution in [0.3, 0.4) is 0 Å². The molecule has 0 radical (unpaired) electrons. The maximum atomic E-state index is 6.61. The molecule has 3 N–H and O–H groups in total. The molecular weight excluding hydrogens is 430 g/mol. The monoisotopic (exact) mass is 457 g/mol. The predicted octanol–water partition coefficient (Wildman–Crippen LogP) is 4.64. The first-order valence-corrected chi connectivity index (χ1v) is 11.5. The summed E-state index contributed by atoms with van der Waals surface area (Å²) >= 11 is 8.17. The van der Waals surface area contributed by atoms with Gasteiger partial charge in [-0.3, -0.25) is 0 Å². The molecule has 0 spiro atoms. The molecule has 7 nitrogen and oxygen atoms in total. The second-order valence-corrected chi connectivity index (χ2v) is 10.8. The van der Waals surface area contributed by atoms with Crippen molar-refractivity contribution in [2.24, 2.45) is 0 Å². The maximum absolute atomic E-state index is 6.61. The van der Waals surface area contributed by atoms with Crippen molar-refractivity contribution in [3.8, 4) is 21.8 Å². The molecule has 2 aromatic heterocycles. The van der Waals surface area contributed by atoms with Crippen molar-refractivity contribution in [3.05, 3.63) is 35.5 Å². The van der Waals surface area contributed by atoms with E-state index in [9.17, 15) is 0 Å². The summed E-state index contributed by atoms with van der Waals surface area (Å²) in [7, 11) is 2.11. The van der Waals surface area contributed by atoms with Crippen molar-refractivity contribution in [1.29, 1.82) is 0 Å². The highest BCUT2D eigenvalue weighted by Gasteiger charge is 2.39. The van der Waals surface area contributed by atoms with Crippen molar-refractivity contribution in [2.45, 2.75) is 57.7 Å². The summed E-state index contributed by atoms with van der Waals surface area (Å²) in [4.78, 5) is 10.5. The first-order valence-electron chi connectivity index (χ1n) is 10.3. The van der Waals surface area contributed by atoms with Crippen LogP contribution in [0.5, 0.6) is 0 Å². The minimum absolute atomic E-state index is 0.0672. The lowest BCUT2D eigenvalue weighted by molar-refractivity contribution is 0.161. The van der Waals surface area contributed by atoms with Crippen molar-refractivity contribution < 1.29 is 0 Å². The van der Waals surface area contributed by atoms with Crippen molar-refractivity contribution in [1.82, 2.24) is 25.5 Å². The lowest BCUT2D eigenvalue weighted by Gasteiger charge is -2.48. The number of hydrogen-bond acceptors (Lipinski definition) is 8. The first-order chi connectivity index (χ1) is 14.5. The van der Waals surface area contributed by atoms with Crippen molar-refractivity contribution in [3.63, 3.8) is 0 Å². The van der Waals surface area contributed by atoms with Gasteiger partial charge in [-0.1, -0.05) is 29.0 Å². The van der Waals surface area contributed by atoms with E-state index in [0.29, 0.717) is 11.1 Å². The molecule has 1 aliphatic rings. The van der Waals surface area contributed by atoms with E-state index in [1.807, 2.05) is 24.3 Å². The topological polar surface area (TPSA) is 92.9 Å². The normalized spacial score (nSPS) is 18.1. The molecule has 31 heavy (non-hydrogen) atoms. The van der Waals surface area contributed by atoms with Crippen LogP contribution in [0, 0.1) is 0 Å². The summed E-state index contributed by atoms with van der Waals surface area (Å²) in [6, 6.07) is 7.99. The van der Waals surface area contributed by atoms with Gasteiger partial charge >= 0.3 is 0 Å². The van der Waals surface area contributed by atoms with Gasteiger partial charge in [0.2, 0.25) is 11.1 Å². The molecule has 0 amide bonds. The molecule has 1 aliphatic heterocycles. The van der Waals surface area contributed by atoms with Gasteiger partial charge in [-0.2, -0.15) is 0 Å². The fourth-order valence-electron chi connectivity index (χ4n) is 4.55. The van der Waals surface area contributed by atoms with Crippen LogP contribution in [-0.2, 0) is 0 Å². The predicted molar refractivity (Wildman–Crippen MR) is 129 cm³/mol. The number of aromatic nitrogens is 4. The van der Waals surface area contributed by atoms with E-state index in [1.165, 1.54) is 0 Å². The van der Waals surface area contributed by atoms with Gasteiger partial charge in [0.05, 0.1) is 10.7 Å². The summed E-state index contributed by atoms with van der Waals surface area (Å²) in [5.74, 6) is 0.235. The van der Waals surface area contributed by atoms with E-state index in [1.54, 1.807) is 17.5 Å². The highest BCUT2D eigenvalue weighted by atomic mass is 35.5. The summed E-state index contributed by atoms with van der Waals surface area (Å²) in [6.45, 7) is 9.03. The standard InChI is InChI=1S/C22H28ClN7S/c1-21(2)11-14(12-22(3,4)29-21)30(5)20-28-27-18(31-20)15-7-6-13(10-16(15)23)17-8-9-25-19(24)26-17/h6-10,14,29H,11-12H2,1-5H3,(H2,24,25,26). The Morgan fingerprint density at radius 1 is 1.13 bits per heavy atom. The average Bonchev–Trinajstić information content (AvgIpc) is 3.14. The SMILES string of the molecule is CN(c1nnc(-c2ccc(-c3ccnc(N)n3)cc2Cl)s1)C1CC(C)(C)NC(C)(C)C1. The highest BCUT2D eigenvalue weighted by molar-refractivity contribution is 7.18. The quantitative estimate of drug-likeness (QED) is 0.589. The molecular formula is C22H28ClN7S. The van der Waals surface area contributed by atoms with E-state index in [4.69, 9.17) is 17.3 Å². The molecule has 0 aliphatic carbocycles. The number of benzene rings is 1.